The van der Waals surface area contributed by atoms with Gasteiger partial charge in [0.2, 0.25) is 5.91 Å². The lowest BCUT2D eigenvalue weighted by Crippen LogP contribution is -2.19. The number of carbonyl (C=O) groups is 1. The van der Waals surface area contributed by atoms with Crippen LogP contribution in [-0.4, -0.2) is 30.9 Å². The predicted molar refractivity (Wildman–Crippen MR) is 119 cm³/mol. The van der Waals surface area contributed by atoms with Crippen molar-refractivity contribution < 1.29 is 14.3 Å². The van der Waals surface area contributed by atoms with Crippen LogP contribution in [0.1, 0.15) is 12.0 Å². The molecule has 6 nitrogen and oxygen atoms in total. The third-order valence-corrected chi connectivity index (χ3v) is 5.08. The van der Waals surface area contributed by atoms with Crippen LogP contribution in [0.15, 0.2) is 71.8 Å². The highest BCUT2D eigenvalue weighted by Gasteiger charge is 2.11. The lowest BCUT2D eigenvalue weighted by atomic mass is 10.2. The summed E-state index contributed by atoms with van der Waals surface area (Å²) in [7, 11) is 3.18. The van der Waals surface area contributed by atoms with Gasteiger partial charge in [-0.15, -0.1) is 0 Å². The molecule has 0 unspecified atom stereocenters. The smallest absolute Gasteiger partial charge is 0.241 e. The summed E-state index contributed by atoms with van der Waals surface area (Å²) in [6.07, 6.45) is 1.89. The van der Waals surface area contributed by atoms with Crippen molar-refractivity contribution in [3.63, 3.8) is 0 Å². The van der Waals surface area contributed by atoms with Crippen LogP contribution in [0, 0.1) is 0 Å². The SMILES string of the molecule is COc1ccc(/C=N/NC(=O)CCn2c3ccccc3c3ccccc32)c(OC)c1. The summed E-state index contributed by atoms with van der Waals surface area (Å²) in [5.41, 5.74) is 5.60. The summed E-state index contributed by atoms with van der Waals surface area (Å²) >= 11 is 0. The van der Waals surface area contributed by atoms with Crippen molar-refractivity contribution in [2.75, 3.05) is 14.2 Å². The number of rotatable bonds is 7. The first-order valence-corrected chi connectivity index (χ1v) is 9.71. The third kappa shape index (κ3) is 3.85. The van der Waals surface area contributed by atoms with E-state index < -0.39 is 0 Å². The van der Waals surface area contributed by atoms with Crippen LogP contribution in [0.2, 0.25) is 0 Å². The van der Waals surface area contributed by atoms with Crippen LogP contribution >= 0.6 is 0 Å². The van der Waals surface area contributed by atoms with E-state index in [-0.39, 0.29) is 5.91 Å². The zero-order valence-corrected chi connectivity index (χ0v) is 17.0. The van der Waals surface area contributed by atoms with Crippen molar-refractivity contribution in [1.29, 1.82) is 0 Å². The quantitative estimate of drug-likeness (QED) is 0.370. The van der Waals surface area contributed by atoms with Gasteiger partial charge in [-0.25, -0.2) is 5.43 Å². The predicted octanol–water partition coefficient (Wildman–Crippen LogP) is 4.35. The van der Waals surface area contributed by atoms with Gasteiger partial charge in [-0.1, -0.05) is 36.4 Å². The third-order valence-electron chi connectivity index (χ3n) is 5.08. The number of hydrazone groups is 1. The van der Waals surface area contributed by atoms with E-state index in [9.17, 15) is 4.79 Å². The largest absolute Gasteiger partial charge is 0.497 e. The summed E-state index contributed by atoms with van der Waals surface area (Å²) in [5.74, 6) is 1.16. The summed E-state index contributed by atoms with van der Waals surface area (Å²) in [6, 6.07) is 21.9. The van der Waals surface area contributed by atoms with E-state index in [0.29, 0.717) is 24.5 Å². The summed E-state index contributed by atoms with van der Waals surface area (Å²) in [5, 5.41) is 6.46. The second kappa shape index (κ2) is 8.69. The molecule has 0 aliphatic rings. The van der Waals surface area contributed by atoms with Gasteiger partial charge < -0.3 is 14.0 Å². The Balaban J connectivity index is 1.45. The highest BCUT2D eigenvalue weighted by Crippen LogP contribution is 2.28. The Morgan fingerprint density at radius 1 is 0.967 bits per heavy atom. The van der Waals surface area contributed by atoms with Crippen molar-refractivity contribution in [3.8, 4) is 11.5 Å². The van der Waals surface area contributed by atoms with Gasteiger partial charge in [0.25, 0.3) is 0 Å². The molecule has 1 N–H and O–H groups in total. The Morgan fingerprint density at radius 3 is 2.27 bits per heavy atom. The number of aryl methyl sites for hydroxylation is 1. The number of fused-ring (bicyclic) bond motifs is 3. The van der Waals surface area contributed by atoms with Crippen LogP contribution in [0.5, 0.6) is 11.5 Å². The number of benzene rings is 3. The number of ether oxygens (including phenoxy) is 2. The van der Waals surface area contributed by atoms with Crippen molar-refractivity contribution >= 4 is 33.9 Å². The molecule has 0 fully saturated rings. The van der Waals surface area contributed by atoms with Crippen LogP contribution in [0.25, 0.3) is 21.8 Å². The molecule has 4 aromatic rings. The average molecular weight is 401 g/mol. The molecule has 3 aromatic carbocycles. The van der Waals surface area contributed by atoms with Crippen molar-refractivity contribution in [2.45, 2.75) is 13.0 Å². The van der Waals surface area contributed by atoms with E-state index in [1.165, 1.54) is 10.8 Å². The van der Waals surface area contributed by atoms with E-state index >= 15 is 0 Å². The first kappa shape index (κ1) is 19.5. The maximum absolute atomic E-state index is 12.4. The molecule has 0 spiro atoms. The Labute approximate surface area is 174 Å². The number of hydrogen-bond acceptors (Lipinski definition) is 4. The molecule has 1 amide bonds. The molecule has 0 saturated carbocycles. The number of nitrogens with zero attached hydrogens (tertiary/aromatic N) is 2. The maximum atomic E-state index is 12.4. The fourth-order valence-corrected chi connectivity index (χ4v) is 3.61. The van der Waals surface area contributed by atoms with E-state index in [2.05, 4.69) is 39.4 Å². The topological polar surface area (TPSA) is 64.8 Å². The molecule has 0 aliphatic carbocycles. The van der Waals surface area contributed by atoms with Gasteiger partial charge in [0, 0.05) is 46.4 Å². The van der Waals surface area contributed by atoms with Gasteiger partial charge in [0.1, 0.15) is 11.5 Å². The zero-order valence-electron chi connectivity index (χ0n) is 17.0. The number of carbonyl (C=O) groups excluding carboxylic acids is 1. The number of amides is 1. The standard InChI is InChI=1S/C24H23N3O3/c1-29-18-12-11-17(23(15-18)30-2)16-25-26-24(28)13-14-27-21-9-5-3-7-19(21)20-8-4-6-10-22(20)27/h3-12,15-16H,13-14H2,1-2H3,(H,26,28)/b25-16+. The van der Waals surface area contributed by atoms with Gasteiger partial charge >= 0.3 is 0 Å². The molecule has 0 bridgehead atoms. The second-order valence-corrected chi connectivity index (χ2v) is 6.84. The Kier molecular flexibility index (Phi) is 5.66. The molecular weight excluding hydrogens is 378 g/mol. The number of hydrogen-bond donors (Lipinski definition) is 1. The Hall–Kier alpha value is -3.80. The summed E-state index contributed by atoms with van der Waals surface area (Å²) < 4.78 is 12.7. The van der Waals surface area contributed by atoms with E-state index in [1.54, 1.807) is 26.5 Å². The normalized spacial score (nSPS) is 11.3. The zero-order chi connectivity index (χ0) is 20.9. The van der Waals surface area contributed by atoms with Gasteiger partial charge in [0.15, 0.2) is 0 Å². The minimum Gasteiger partial charge on any atom is -0.497 e. The molecule has 0 radical (unpaired) electrons. The van der Waals surface area contributed by atoms with Crippen LogP contribution < -0.4 is 14.9 Å². The molecule has 6 heteroatoms. The second-order valence-electron chi connectivity index (χ2n) is 6.84. The number of methoxy groups -OCH3 is 2. The number of para-hydroxylation sites is 2. The molecule has 4 rings (SSSR count). The van der Waals surface area contributed by atoms with Crippen LogP contribution in [-0.2, 0) is 11.3 Å². The minimum atomic E-state index is -0.152. The summed E-state index contributed by atoms with van der Waals surface area (Å²) in [4.78, 5) is 12.4. The molecule has 1 aromatic heterocycles. The lowest BCUT2D eigenvalue weighted by molar-refractivity contribution is -0.121. The van der Waals surface area contributed by atoms with Crippen LogP contribution in [0.3, 0.4) is 0 Å². The molecule has 0 atom stereocenters. The van der Waals surface area contributed by atoms with Crippen molar-refractivity contribution in [3.05, 3.63) is 72.3 Å². The molecule has 152 valence electrons. The number of aromatic nitrogens is 1. The van der Waals surface area contributed by atoms with E-state index in [4.69, 9.17) is 9.47 Å². The van der Waals surface area contributed by atoms with Gasteiger partial charge in [-0.2, -0.15) is 5.10 Å². The van der Waals surface area contributed by atoms with Crippen molar-refractivity contribution in [1.82, 2.24) is 9.99 Å². The molecule has 0 aliphatic heterocycles. The highest BCUT2D eigenvalue weighted by molar-refractivity contribution is 6.08. The van der Waals surface area contributed by atoms with Gasteiger partial charge in [0.05, 0.1) is 20.4 Å². The average Bonchev–Trinajstić information content (AvgIpc) is 3.11. The Bertz CT molecular complexity index is 1170. The number of nitrogens with one attached hydrogen (secondary N) is 1. The minimum absolute atomic E-state index is 0.152. The molecule has 30 heavy (non-hydrogen) atoms. The fraction of sp³-hybridized carbons (Fsp3) is 0.167. The molecule has 1 heterocycles. The first-order chi connectivity index (χ1) is 14.7. The van der Waals surface area contributed by atoms with E-state index in [1.807, 2.05) is 36.4 Å². The van der Waals surface area contributed by atoms with Crippen molar-refractivity contribution in [2.24, 2.45) is 5.10 Å². The monoisotopic (exact) mass is 401 g/mol. The van der Waals surface area contributed by atoms with Gasteiger partial charge in [-0.3, -0.25) is 4.79 Å². The van der Waals surface area contributed by atoms with Gasteiger partial charge in [-0.05, 0) is 24.3 Å². The molecular formula is C24H23N3O3. The highest BCUT2D eigenvalue weighted by atomic mass is 16.5. The van der Waals surface area contributed by atoms with Crippen LogP contribution in [0.4, 0.5) is 0 Å². The maximum Gasteiger partial charge on any atom is 0.241 e. The first-order valence-electron chi connectivity index (χ1n) is 9.71. The summed E-state index contributed by atoms with van der Waals surface area (Å²) in [6.45, 7) is 0.571. The lowest BCUT2D eigenvalue weighted by Gasteiger charge is -2.08. The van der Waals surface area contributed by atoms with E-state index in [0.717, 1.165) is 16.6 Å². The fourth-order valence-electron chi connectivity index (χ4n) is 3.61. The molecule has 0 saturated heterocycles. The Morgan fingerprint density at radius 2 is 1.63 bits per heavy atom.